The van der Waals surface area contributed by atoms with Crippen LogP contribution in [0.2, 0.25) is 0 Å². The minimum atomic E-state index is -2.31. The van der Waals surface area contributed by atoms with Crippen molar-refractivity contribution in [1.29, 1.82) is 0 Å². The molecular formula is C13H19NO2S. The average molecular weight is 253 g/mol. The molecule has 4 heteroatoms. The van der Waals surface area contributed by atoms with Gasteiger partial charge in [0.05, 0.1) is 5.75 Å². The van der Waals surface area contributed by atoms with Gasteiger partial charge in [-0.25, -0.2) is 8.42 Å². The van der Waals surface area contributed by atoms with E-state index in [1.54, 1.807) is 0 Å². The van der Waals surface area contributed by atoms with Gasteiger partial charge in [-0.2, -0.15) is 0 Å². The zero-order valence-corrected chi connectivity index (χ0v) is 10.8. The molecule has 1 fully saturated rings. The first-order chi connectivity index (χ1) is 8.24. The van der Waals surface area contributed by atoms with E-state index in [2.05, 4.69) is 17.4 Å². The zero-order chi connectivity index (χ0) is 12.1. The monoisotopic (exact) mass is 253 g/mol. The SMILES string of the molecule is O=[SH](=O)Cc1ccc(CC2CCNCC2)cc1. The van der Waals surface area contributed by atoms with Crippen LogP contribution in [-0.2, 0) is 22.9 Å². The highest BCUT2D eigenvalue weighted by atomic mass is 32.2. The van der Waals surface area contributed by atoms with E-state index in [1.807, 2.05) is 12.1 Å². The molecule has 17 heavy (non-hydrogen) atoms. The number of hydrogen-bond acceptors (Lipinski definition) is 3. The van der Waals surface area contributed by atoms with Crippen LogP contribution in [-0.4, -0.2) is 21.5 Å². The van der Waals surface area contributed by atoms with Crippen molar-refractivity contribution in [3.05, 3.63) is 35.4 Å². The molecule has 0 aromatic heterocycles. The molecule has 1 heterocycles. The standard InChI is InChI=1S/C13H19NO2S/c15-17(16)10-13-3-1-11(2-4-13)9-12-5-7-14-8-6-12/h1-4,12,14,17H,5-10H2. The summed E-state index contributed by atoms with van der Waals surface area (Å²) in [5.74, 6) is 0.932. The van der Waals surface area contributed by atoms with Gasteiger partial charge in [-0.3, -0.25) is 0 Å². The maximum atomic E-state index is 10.6. The zero-order valence-electron chi connectivity index (χ0n) is 9.89. The van der Waals surface area contributed by atoms with Gasteiger partial charge in [0.2, 0.25) is 0 Å². The van der Waals surface area contributed by atoms with Gasteiger partial charge in [0.25, 0.3) is 0 Å². The van der Waals surface area contributed by atoms with E-state index in [0.717, 1.165) is 31.0 Å². The predicted octanol–water partition coefficient (Wildman–Crippen LogP) is 1.34. The fourth-order valence-electron chi connectivity index (χ4n) is 2.35. The Hall–Kier alpha value is -0.870. The number of nitrogens with one attached hydrogen (secondary N) is 1. The van der Waals surface area contributed by atoms with E-state index in [-0.39, 0.29) is 5.75 Å². The van der Waals surface area contributed by atoms with E-state index >= 15 is 0 Å². The number of thiol groups is 1. The highest BCUT2D eigenvalue weighted by molar-refractivity contribution is 7.71. The number of rotatable bonds is 4. The third-order valence-corrected chi connectivity index (χ3v) is 3.94. The van der Waals surface area contributed by atoms with Crippen molar-refractivity contribution in [2.45, 2.75) is 25.0 Å². The first kappa shape index (κ1) is 12.6. The third kappa shape index (κ3) is 4.13. The van der Waals surface area contributed by atoms with Crippen LogP contribution < -0.4 is 5.32 Å². The Kier molecular flexibility index (Phi) is 4.57. The van der Waals surface area contributed by atoms with Crippen LogP contribution in [0.3, 0.4) is 0 Å². The highest BCUT2D eigenvalue weighted by Gasteiger charge is 2.13. The van der Waals surface area contributed by atoms with Crippen molar-refractivity contribution >= 4 is 10.7 Å². The minimum Gasteiger partial charge on any atom is -0.317 e. The number of piperidine rings is 1. The van der Waals surface area contributed by atoms with Gasteiger partial charge in [-0.05, 0) is 49.4 Å². The molecule has 1 N–H and O–H groups in total. The minimum absolute atomic E-state index is 0.156. The largest absolute Gasteiger partial charge is 0.317 e. The second kappa shape index (κ2) is 6.17. The van der Waals surface area contributed by atoms with Crippen LogP contribution in [0.1, 0.15) is 24.0 Å². The Balaban J connectivity index is 1.92. The summed E-state index contributed by atoms with van der Waals surface area (Å²) in [6, 6.07) is 8.00. The molecule has 1 aliphatic rings. The smallest absolute Gasteiger partial charge is 0.144 e. The van der Waals surface area contributed by atoms with E-state index in [0.29, 0.717) is 0 Å². The molecular weight excluding hydrogens is 234 g/mol. The molecule has 3 nitrogen and oxygen atoms in total. The fraction of sp³-hybridized carbons (Fsp3) is 0.538. The Morgan fingerprint density at radius 2 is 1.65 bits per heavy atom. The lowest BCUT2D eigenvalue weighted by Gasteiger charge is -2.22. The quantitative estimate of drug-likeness (QED) is 0.796. The third-order valence-electron chi connectivity index (χ3n) is 3.32. The first-order valence-corrected chi connectivity index (χ1v) is 7.50. The summed E-state index contributed by atoms with van der Waals surface area (Å²) in [5.41, 5.74) is 2.21. The van der Waals surface area contributed by atoms with Gasteiger partial charge >= 0.3 is 0 Å². The molecule has 0 radical (unpaired) electrons. The first-order valence-electron chi connectivity index (χ1n) is 6.14. The topological polar surface area (TPSA) is 46.2 Å². The Morgan fingerprint density at radius 3 is 2.24 bits per heavy atom. The Labute approximate surface area is 104 Å². The van der Waals surface area contributed by atoms with Crippen molar-refractivity contribution in [3.63, 3.8) is 0 Å². The molecule has 1 aromatic carbocycles. The lowest BCUT2D eigenvalue weighted by molar-refractivity contribution is 0.372. The van der Waals surface area contributed by atoms with Crippen molar-refractivity contribution in [3.8, 4) is 0 Å². The van der Waals surface area contributed by atoms with E-state index in [9.17, 15) is 8.42 Å². The predicted molar refractivity (Wildman–Crippen MR) is 69.8 cm³/mol. The molecule has 2 rings (SSSR count). The van der Waals surface area contributed by atoms with Gasteiger partial charge in [0.1, 0.15) is 10.7 Å². The summed E-state index contributed by atoms with van der Waals surface area (Å²) in [5, 5.41) is 3.36. The molecule has 0 spiro atoms. The van der Waals surface area contributed by atoms with Crippen LogP contribution in [0, 0.1) is 5.92 Å². The van der Waals surface area contributed by atoms with Gasteiger partial charge in [0, 0.05) is 0 Å². The maximum absolute atomic E-state index is 10.6. The molecule has 0 saturated carbocycles. The second-order valence-corrected chi connectivity index (χ2v) is 5.69. The van der Waals surface area contributed by atoms with Crippen molar-refractivity contribution in [2.24, 2.45) is 5.92 Å². The Morgan fingerprint density at radius 1 is 1.06 bits per heavy atom. The molecule has 1 aromatic rings. The molecule has 1 aliphatic heterocycles. The molecule has 0 unspecified atom stereocenters. The molecule has 94 valence electrons. The molecule has 0 amide bonds. The van der Waals surface area contributed by atoms with Crippen LogP contribution in [0.5, 0.6) is 0 Å². The fourth-order valence-corrected chi connectivity index (χ4v) is 2.86. The van der Waals surface area contributed by atoms with Gasteiger partial charge in [-0.1, -0.05) is 24.3 Å². The molecule has 0 aliphatic carbocycles. The van der Waals surface area contributed by atoms with Gasteiger partial charge < -0.3 is 5.32 Å². The van der Waals surface area contributed by atoms with Gasteiger partial charge in [0.15, 0.2) is 0 Å². The van der Waals surface area contributed by atoms with Crippen LogP contribution >= 0.6 is 0 Å². The summed E-state index contributed by atoms with van der Waals surface area (Å²) in [6.07, 6.45) is 3.60. The summed E-state index contributed by atoms with van der Waals surface area (Å²) >= 11 is 0. The number of benzene rings is 1. The van der Waals surface area contributed by atoms with Crippen LogP contribution in [0.15, 0.2) is 24.3 Å². The van der Waals surface area contributed by atoms with Crippen LogP contribution in [0.4, 0.5) is 0 Å². The maximum Gasteiger partial charge on any atom is 0.144 e. The summed E-state index contributed by atoms with van der Waals surface area (Å²) < 4.78 is 21.2. The van der Waals surface area contributed by atoms with E-state index < -0.39 is 10.7 Å². The lowest BCUT2D eigenvalue weighted by Crippen LogP contribution is -2.28. The lowest BCUT2D eigenvalue weighted by atomic mass is 9.91. The summed E-state index contributed by atoms with van der Waals surface area (Å²) in [6.45, 7) is 2.25. The van der Waals surface area contributed by atoms with Gasteiger partial charge in [-0.15, -0.1) is 0 Å². The van der Waals surface area contributed by atoms with Crippen molar-refractivity contribution in [1.82, 2.24) is 5.32 Å². The van der Waals surface area contributed by atoms with Crippen molar-refractivity contribution in [2.75, 3.05) is 13.1 Å². The highest BCUT2D eigenvalue weighted by Crippen LogP contribution is 2.18. The summed E-state index contributed by atoms with van der Waals surface area (Å²) in [7, 11) is -2.31. The second-order valence-electron chi connectivity index (χ2n) is 4.70. The Bertz CT molecular complexity index is 412. The molecule has 1 saturated heterocycles. The van der Waals surface area contributed by atoms with E-state index in [1.165, 1.54) is 18.4 Å². The average Bonchev–Trinajstić information content (AvgIpc) is 2.32. The van der Waals surface area contributed by atoms with Crippen molar-refractivity contribution < 1.29 is 8.42 Å². The normalized spacial score (nSPS) is 17.5. The van der Waals surface area contributed by atoms with Crippen LogP contribution in [0.25, 0.3) is 0 Å². The number of hydrogen-bond donors (Lipinski definition) is 2. The van der Waals surface area contributed by atoms with E-state index in [4.69, 9.17) is 0 Å². The summed E-state index contributed by atoms with van der Waals surface area (Å²) in [4.78, 5) is 0. The molecule has 0 atom stereocenters. The molecule has 0 bridgehead atoms.